The highest BCUT2D eigenvalue weighted by atomic mass is 35.5. The Morgan fingerprint density at radius 3 is 2.30 bits per heavy atom. The molecule has 0 aliphatic carbocycles. The lowest BCUT2D eigenvalue weighted by Gasteiger charge is -2.25. The number of sulfonamides is 1. The third-order valence-electron chi connectivity index (χ3n) is 3.52. The van der Waals surface area contributed by atoms with Crippen LogP contribution in [-0.2, 0) is 10.0 Å². The zero-order valence-electron chi connectivity index (χ0n) is 13.3. The van der Waals surface area contributed by atoms with Gasteiger partial charge in [0.05, 0.1) is 21.2 Å². The predicted molar refractivity (Wildman–Crippen MR) is 102 cm³/mol. The van der Waals surface area contributed by atoms with E-state index in [4.69, 9.17) is 34.8 Å². The SMILES string of the molecule is O=C(O)c1cc(S(=O)(=O)N(c2ccccc2)n2cnc(Cl)c2Cl)ccc1Cl. The number of carbonyl (C=O) groups is 1. The minimum Gasteiger partial charge on any atom is -0.478 e. The van der Waals surface area contributed by atoms with Gasteiger partial charge in [-0.1, -0.05) is 53.0 Å². The molecule has 0 spiro atoms. The molecule has 0 unspecified atom stereocenters. The molecule has 1 N–H and O–H groups in total. The summed E-state index contributed by atoms with van der Waals surface area (Å²) in [7, 11) is -4.30. The molecule has 3 rings (SSSR count). The summed E-state index contributed by atoms with van der Waals surface area (Å²) in [6.07, 6.45) is 1.14. The Kier molecular flexibility index (Phi) is 5.34. The molecule has 0 amide bonds. The quantitative estimate of drug-likeness (QED) is 0.634. The number of aromatic carboxylic acids is 1. The highest BCUT2D eigenvalue weighted by molar-refractivity contribution is 7.92. The van der Waals surface area contributed by atoms with Gasteiger partial charge >= 0.3 is 5.97 Å². The Balaban J connectivity index is 2.25. The second-order valence-corrected chi connectivity index (χ2v) is 8.09. The van der Waals surface area contributed by atoms with E-state index in [1.807, 2.05) is 0 Å². The van der Waals surface area contributed by atoms with Crippen molar-refractivity contribution in [1.29, 1.82) is 0 Å². The summed E-state index contributed by atoms with van der Waals surface area (Å²) in [5.41, 5.74) is -0.110. The van der Waals surface area contributed by atoms with E-state index < -0.39 is 16.0 Å². The monoisotopic (exact) mass is 445 g/mol. The van der Waals surface area contributed by atoms with E-state index in [-0.39, 0.29) is 31.5 Å². The van der Waals surface area contributed by atoms with Crippen molar-refractivity contribution in [3.05, 3.63) is 75.8 Å². The smallest absolute Gasteiger partial charge is 0.337 e. The molecular weight excluding hydrogens is 437 g/mol. The number of hydrogen-bond acceptors (Lipinski definition) is 4. The lowest BCUT2D eigenvalue weighted by Crippen LogP contribution is -2.35. The molecule has 0 aliphatic rings. The largest absolute Gasteiger partial charge is 0.478 e. The van der Waals surface area contributed by atoms with E-state index >= 15 is 0 Å². The number of aromatic nitrogens is 2. The van der Waals surface area contributed by atoms with Gasteiger partial charge in [0.1, 0.15) is 6.33 Å². The van der Waals surface area contributed by atoms with Crippen molar-refractivity contribution < 1.29 is 18.3 Å². The van der Waals surface area contributed by atoms with Crippen LogP contribution in [0, 0.1) is 0 Å². The van der Waals surface area contributed by atoms with Crippen LogP contribution in [0.5, 0.6) is 0 Å². The zero-order valence-corrected chi connectivity index (χ0v) is 16.3. The van der Waals surface area contributed by atoms with Crippen LogP contribution in [0.3, 0.4) is 0 Å². The van der Waals surface area contributed by atoms with E-state index in [1.54, 1.807) is 18.2 Å². The molecule has 3 aromatic rings. The number of para-hydroxylation sites is 1. The van der Waals surface area contributed by atoms with Gasteiger partial charge in [0, 0.05) is 0 Å². The van der Waals surface area contributed by atoms with Crippen LogP contribution < -0.4 is 4.41 Å². The van der Waals surface area contributed by atoms with Gasteiger partial charge in [-0.25, -0.2) is 14.5 Å². The Labute approximate surface area is 169 Å². The van der Waals surface area contributed by atoms with Crippen molar-refractivity contribution in [2.45, 2.75) is 4.90 Å². The average Bonchev–Trinajstić information content (AvgIpc) is 2.95. The summed E-state index contributed by atoms with van der Waals surface area (Å²) < 4.78 is 28.6. The number of anilines is 1. The molecule has 0 radical (unpaired) electrons. The molecule has 140 valence electrons. The Morgan fingerprint density at radius 1 is 1.07 bits per heavy atom. The van der Waals surface area contributed by atoms with Gasteiger partial charge in [-0.05, 0) is 30.3 Å². The molecule has 0 saturated heterocycles. The number of carboxylic acids is 1. The van der Waals surface area contributed by atoms with Crippen LogP contribution in [0.25, 0.3) is 0 Å². The number of imidazole rings is 1. The maximum absolute atomic E-state index is 13.3. The zero-order chi connectivity index (χ0) is 19.8. The van der Waals surface area contributed by atoms with Crippen LogP contribution in [0.4, 0.5) is 5.69 Å². The molecule has 0 atom stereocenters. The standard InChI is InChI=1S/C16H10Cl3N3O4S/c17-13-7-6-11(8-12(13)16(23)24)27(25,26)22(10-4-2-1-3-5-10)21-9-20-14(18)15(21)19/h1-9H,(H,23,24). The van der Waals surface area contributed by atoms with Crippen LogP contribution >= 0.6 is 34.8 Å². The lowest BCUT2D eigenvalue weighted by atomic mass is 10.2. The Hall–Kier alpha value is -2.26. The van der Waals surface area contributed by atoms with Gasteiger partial charge < -0.3 is 5.11 Å². The fraction of sp³-hybridized carbons (Fsp3) is 0. The molecule has 11 heteroatoms. The second-order valence-electron chi connectivity index (χ2n) is 5.20. The molecule has 0 aliphatic heterocycles. The van der Waals surface area contributed by atoms with Crippen molar-refractivity contribution >= 4 is 56.5 Å². The molecule has 1 aromatic heterocycles. The van der Waals surface area contributed by atoms with Crippen LogP contribution in [0.1, 0.15) is 10.4 Å². The number of carboxylic acid groups (broad SMARTS) is 1. The number of benzene rings is 2. The molecular formula is C16H10Cl3N3O4S. The number of hydrogen-bond donors (Lipinski definition) is 1. The van der Waals surface area contributed by atoms with Gasteiger partial charge in [0.15, 0.2) is 10.3 Å². The van der Waals surface area contributed by atoms with E-state index in [9.17, 15) is 18.3 Å². The predicted octanol–water partition coefficient (Wildman–Crippen LogP) is 4.20. The average molecular weight is 447 g/mol. The van der Waals surface area contributed by atoms with Crippen molar-refractivity contribution in [3.63, 3.8) is 0 Å². The van der Waals surface area contributed by atoms with Crippen molar-refractivity contribution in [2.24, 2.45) is 0 Å². The topological polar surface area (TPSA) is 92.5 Å². The van der Waals surface area contributed by atoms with Crippen LogP contribution in [-0.4, -0.2) is 29.2 Å². The third kappa shape index (κ3) is 3.61. The van der Waals surface area contributed by atoms with E-state index in [2.05, 4.69) is 4.98 Å². The van der Waals surface area contributed by atoms with E-state index in [1.165, 1.54) is 24.3 Å². The normalized spacial score (nSPS) is 11.4. The number of nitrogens with zero attached hydrogens (tertiary/aromatic N) is 3. The maximum atomic E-state index is 13.3. The summed E-state index contributed by atoms with van der Waals surface area (Å²) >= 11 is 17.8. The summed E-state index contributed by atoms with van der Waals surface area (Å²) in [5, 5.41) is 8.93. The minimum absolute atomic E-state index is 0.0866. The fourth-order valence-electron chi connectivity index (χ4n) is 2.29. The Morgan fingerprint density at radius 2 is 1.74 bits per heavy atom. The fourth-order valence-corrected chi connectivity index (χ4v) is 4.30. The lowest BCUT2D eigenvalue weighted by molar-refractivity contribution is 0.0697. The Bertz CT molecular complexity index is 1120. The summed E-state index contributed by atoms with van der Waals surface area (Å²) in [6.45, 7) is 0. The van der Waals surface area contributed by atoms with Gasteiger partial charge in [0.25, 0.3) is 10.0 Å². The van der Waals surface area contributed by atoms with Crippen molar-refractivity contribution in [2.75, 3.05) is 4.41 Å². The van der Waals surface area contributed by atoms with Gasteiger partial charge in [-0.3, -0.25) is 0 Å². The number of rotatable bonds is 5. The van der Waals surface area contributed by atoms with Gasteiger partial charge in [-0.15, -0.1) is 0 Å². The first kappa shape index (κ1) is 19.5. The molecule has 0 fully saturated rings. The summed E-state index contributed by atoms with van der Waals surface area (Å²) in [6, 6.07) is 11.4. The highest BCUT2D eigenvalue weighted by Gasteiger charge is 2.30. The van der Waals surface area contributed by atoms with Crippen molar-refractivity contribution in [3.8, 4) is 0 Å². The maximum Gasteiger partial charge on any atom is 0.337 e. The van der Waals surface area contributed by atoms with E-state index in [0.717, 1.165) is 21.5 Å². The van der Waals surface area contributed by atoms with E-state index in [0.29, 0.717) is 0 Å². The number of halogens is 3. The minimum atomic E-state index is -4.30. The molecule has 27 heavy (non-hydrogen) atoms. The highest BCUT2D eigenvalue weighted by Crippen LogP contribution is 2.30. The molecule has 0 bridgehead atoms. The van der Waals surface area contributed by atoms with Gasteiger partial charge in [-0.2, -0.15) is 12.8 Å². The molecule has 7 nitrogen and oxygen atoms in total. The second kappa shape index (κ2) is 7.40. The first-order valence-electron chi connectivity index (χ1n) is 7.25. The van der Waals surface area contributed by atoms with Crippen LogP contribution in [0.2, 0.25) is 15.3 Å². The first-order valence-corrected chi connectivity index (χ1v) is 9.82. The molecule has 0 saturated carbocycles. The third-order valence-corrected chi connectivity index (χ3v) is 6.27. The first-order chi connectivity index (χ1) is 12.7. The molecule has 1 heterocycles. The summed E-state index contributed by atoms with van der Waals surface area (Å²) in [4.78, 5) is 14.8. The van der Waals surface area contributed by atoms with Crippen LogP contribution in [0.15, 0.2) is 59.8 Å². The van der Waals surface area contributed by atoms with Gasteiger partial charge in [0.2, 0.25) is 0 Å². The summed E-state index contributed by atoms with van der Waals surface area (Å²) in [5.74, 6) is -1.35. The molecule has 2 aromatic carbocycles. The van der Waals surface area contributed by atoms with Crippen molar-refractivity contribution in [1.82, 2.24) is 9.66 Å².